The summed E-state index contributed by atoms with van der Waals surface area (Å²) >= 11 is 0. The van der Waals surface area contributed by atoms with E-state index in [0.717, 1.165) is 18.4 Å². The topological polar surface area (TPSA) is 24.9 Å². The summed E-state index contributed by atoms with van der Waals surface area (Å²) in [5.41, 5.74) is 2.85. The summed E-state index contributed by atoms with van der Waals surface area (Å²) in [7, 11) is 2.03. The zero-order valence-corrected chi connectivity index (χ0v) is 8.96. The summed E-state index contributed by atoms with van der Waals surface area (Å²) in [6.07, 6.45) is 6.62. The lowest BCUT2D eigenvalue weighted by atomic mass is 9.69. The highest BCUT2D eigenvalue weighted by molar-refractivity contribution is 5.28. The van der Waals surface area contributed by atoms with Crippen molar-refractivity contribution in [2.75, 3.05) is 13.6 Å². The van der Waals surface area contributed by atoms with Crippen LogP contribution in [0.25, 0.3) is 0 Å². The Hall–Kier alpha value is -0.890. The molecule has 2 atom stereocenters. The first-order valence-electron chi connectivity index (χ1n) is 5.38. The smallest absolute Gasteiger partial charge is 0.0305 e. The second kappa shape index (κ2) is 4.09. The number of nitrogens with one attached hydrogen (secondary N) is 1. The average Bonchev–Trinajstić information content (AvgIpc) is 2.16. The molecule has 2 nitrogen and oxygen atoms in total. The van der Waals surface area contributed by atoms with Crippen molar-refractivity contribution in [3.63, 3.8) is 0 Å². The molecule has 0 amide bonds. The van der Waals surface area contributed by atoms with E-state index in [0.29, 0.717) is 0 Å². The van der Waals surface area contributed by atoms with Gasteiger partial charge in [-0.1, -0.05) is 0 Å². The minimum Gasteiger partial charge on any atom is -0.319 e. The van der Waals surface area contributed by atoms with Gasteiger partial charge in [0, 0.05) is 12.4 Å². The van der Waals surface area contributed by atoms with Crippen molar-refractivity contribution in [1.29, 1.82) is 0 Å². The summed E-state index contributed by atoms with van der Waals surface area (Å²) in [5.74, 6) is 1.57. The van der Waals surface area contributed by atoms with E-state index in [4.69, 9.17) is 0 Å². The first-order valence-corrected chi connectivity index (χ1v) is 5.38. The van der Waals surface area contributed by atoms with Gasteiger partial charge in [0.1, 0.15) is 0 Å². The second-order valence-electron chi connectivity index (χ2n) is 4.23. The number of hydrogen-bond donors (Lipinski definition) is 1. The van der Waals surface area contributed by atoms with E-state index in [9.17, 15) is 0 Å². The summed E-state index contributed by atoms with van der Waals surface area (Å²) in [5, 5.41) is 3.27. The molecule has 2 heteroatoms. The SMILES string of the molecule is CNCC1CCC1c1cnccc1C. The molecule has 0 saturated heterocycles. The third kappa shape index (κ3) is 1.67. The largest absolute Gasteiger partial charge is 0.319 e. The van der Waals surface area contributed by atoms with Crippen molar-refractivity contribution in [3.05, 3.63) is 29.6 Å². The second-order valence-corrected chi connectivity index (χ2v) is 4.23. The normalized spacial score (nSPS) is 25.9. The lowest BCUT2D eigenvalue weighted by Crippen LogP contribution is -2.32. The fourth-order valence-corrected chi connectivity index (χ4v) is 2.35. The van der Waals surface area contributed by atoms with Crippen molar-refractivity contribution in [2.45, 2.75) is 25.7 Å². The number of nitrogens with zero attached hydrogens (tertiary/aromatic N) is 1. The van der Waals surface area contributed by atoms with Gasteiger partial charge in [0.15, 0.2) is 0 Å². The van der Waals surface area contributed by atoms with Crippen LogP contribution in [0.3, 0.4) is 0 Å². The first-order chi connectivity index (χ1) is 6.83. The first kappa shape index (κ1) is 9.66. The zero-order valence-electron chi connectivity index (χ0n) is 8.96. The Labute approximate surface area is 85.7 Å². The van der Waals surface area contributed by atoms with Gasteiger partial charge in [-0.15, -0.1) is 0 Å². The molecule has 0 aromatic carbocycles. The van der Waals surface area contributed by atoms with Gasteiger partial charge in [0.05, 0.1) is 0 Å². The molecule has 1 heterocycles. The maximum atomic E-state index is 4.22. The number of rotatable bonds is 3. The predicted octanol–water partition coefficient (Wildman–Crippen LogP) is 2.10. The fourth-order valence-electron chi connectivity index (χ4n) is 2.35. The molecule has 1 N–H and O–H groups in total. The van der Waals surface area contributed by atoms with E-state index in [1.165, 1.54) is 24.0 Å². The Morgan fingerprint density at radius 1 is 1.50 bits per heavy atom. The van der Waals surface area contributed by atoms with Gasteiger partial charge in [-0.25, -0.2) is 0 Å². The van der Waals surface area contributed by atoms with Crippen LogP contribution in [0, 0.1) is 12.8 Å². The molecule has 0 radical (unpaired) electrons. The molecule has 0 aliphatic heterocycles. The molecule has 1 aliphatic rings. The third-order valence-electron chi connectivity index (χ3n) is 3.36. The van der Waals surface area contributed by atoms with Gasteiger partial charge >= 0.3 is 0 Å². The van der Waals surface area contributed by atoms with Crippen LogP contribution in [-0.4, -0.2) is 18.6 Å². The number of pyridine rings is 1. The van der Waals surface area contributed by atoms with Crippen molar-refractivity contribution in [1.82, 2.24) is 10.3 Å². The lowest BCUT2D eigenvalue weighted by Gasteiger charge is -2.37. The van der Waals surface area contributed by atoms with Crippen molar-refractivity contribution >= 4 is 0 Å². The van der Waals surface area contributed by atoms with E-state index in [1.54, 1.807) is 0 Å². The molecule has 1 aromatic rings. The molecule has 2 rings (SSSR count). The highest BCUT2D eigenvalue weighted by atomic mass is 14.8. The quantitative estimate of drug-likeness (QED) is 0.789. The lowest BCUT2D eigenvalue weighted by molar-refractivity contribution is 0.249. The number of aromatic nitrogens is 1. The third-order valence-corrected chi connectivity index (χ3v) is 3.36. The van der Waals surface area contributed by atoms with Crippen LogP contribution in [0.2, 0.25) is 0 Å². The van der Waals surface area contributed by atoms with E-state index in [2.05, 4.69) is 23.3 Å². The Balaban J connectivity index is 2.12. The van der Waals surface area contributed by atoms with E-state index in [-0.39, 0.29) is 0 Å². The number of aryl methyl sites for hydroxylation is 1. The van der Waals surface area contributed by atoms with Crippen LogP contribution in [-0.2, 0) is 0 Å². The Bertz CT molecular complexity index is 309. The standard InChI is InChI=1S/C12H18N2/c1-9-5-6-14-8-12(9)11-4-3-10(11)7-13-2/h5-6,8,10-11,13H,3-4,7H2,1-2H3. The monoisotopic (exact) mass is 190 g/mol. The predicted molar refractivity (Wildman–Crippen MR) is 58.4 cm³/mol. The van der Waals surface area contributed by atoms with Gasteiger partial charge in [0.2, 0.25) is 0 Å². The summed E-state index contributed by atoms with van der Waals surface area (Å²) in [6, 6.07) is 2.12. The molecule has 1 fully saturated rings. The minimum atomic E-state index is 0.746. The van der Waals surface area contributed by atoms with Crippen LogP contribution in [0.4, 0.5) is 0 Å². The Morgan fingerprint density at radius 3 is 2.93 bits per heavy atom. The summed E-state index contributed by atoms with van der Waals surface area (Å²) < 4.78 is 0. The molecule has 76 valence electrons. The van der Waals surface area contributed by atoms with Crippen LogP contribution in [0.1, 0.15) is 29.9 Å². The van der Waals surface area contributed by atoms with Crippen LogP contribution < -0.4 is 5.32 Å². The van der Waals surface area contributed by atoms with Crippen molar-refractivity contribution < 1.29 is 0 Å². The Kier molecular flexibility index (Phi) is 2.82. The van der Waals surface area contributed by atoms with Crippen molar-refractivity contribution in [3.8, 4) is 0 Å². The maximum absolute atomic E-state index is 4.22. The minimum absolute atomic E-state index is 0.746. The maximum Gasteiger partial charge on any atom is 0.0305 e. The van der Waals surface area contributed by atoms with Crippen LogP contribution in [0.5, 0.6) is 0 Å². The molecule has 1 aromatic heterocycles. The van der Waals surface area contributed by atoms with Gasteiger partial charge in [-0.05, 0) is 62.4 Å². The van der Waals surface area contributed by atoms with E-state index >= 15 is 0 Å². The van der Waals surface area contributed by atoms with Gasteiger partial charge in [-0.2, -0.15) is 0 Å². The van der Waals surface area contributed by atoms with E-state index in [1.807, 2.05) is 19.4 Å². The fraction of sp³-hybridized carbons (Fsp3) is 0.583. The van der Waals surface area contributed by atoms with Gasteiger partial charge < -0.3 is 5.32 Å². The zero-order chi connectivity index (χ0) is 9.97. The highest BCUT2D eigenvalue weighted by Gasteiger charge is 2.32. The molecule has 2 unspecified atom stereocenters. The molecule has 0 bridgehead atoms. The van der Waals surface area contributed by atoms with Crippen LogP contribution >= 0.6 is 0 Å². The molecule has 1 saturated carbocycles. The number of hydrogen-bond acceptors (Lipinski definition) is 2. The van der Waals surface area contributed by atoms with Crippen molar-refractivity contribution in [2.24, 2.45) is 5.92 Å². The molecule has 1 aliphatic carbocycles. The highest BCUT2D eigenvalue weighted by Crippen LogP contribution is 2.42. The van der Waals surface area contributed by atoms with Gasteiger partial charge in [-0.3, -0.25) is 4.98 Å². The van der Waals surface area contributed by atoms with Gasteiger partial charge in [0.25, 0.3) is 0 Å². The molecular formula is C12H18N2. The molecular weight excluding hydrogens is 172 g/mol. The average molecular weight is 190 g/mol. The summed E-state index contributed by atoms with van der Waals surface area (Å²) in [6.45, 7) is 3.32. The van der Waals surface area contributed by atoms with E-state index < -0.39 is 0 Å². The Morgan fingerprint density at radius 2 is 2.36 bits per heavy atom. The van der Waals surface area contributed by atoms with Crippen LogP contribution in [0.15, 0.2) is 18.5 Å². The summed E-state index contributed by atoms with van der Waals surface area (Å²) in [4.78, 5) is 4.22. The molecule has 0 spiro atoms. The molecule has 14 heavy (non-hydrogen) atoms.